The molecule has 0 heterocycles. The average molecular weight is 346 g/mol. The van der Waals surface area contributed by atoms with E-state index in [4.69, 9.17) is 0 Å². The zero-order valence-corrected chi connectivity index (χ0v) is 12.6. The summed E-state index contributed by atoms with van der Waals surface area (Å²) >= 11 is 0. The number of carbonyl (C=O) groups is 1. The van der Waals surface area contributed by atoms with Gasteiger partial charge >= 0.3 is 0 Å². The van der Waals surface area contributed by atoms with E-state index in [0.29, 0.717) is 5.56 Å². The molecule has 10 heteroatoms. The van der Waals surface area contributed by atoms with Gasteiger partial charge in [-0.25, -0.2) is 4.39 Å². The Labute approximate surface area is 140 Å². The van der Waals surface area contributed by atoms with Crippen LogP contribution in [-0.4, -0.2) is 15.8 Å². The van der Waals surface area contributed by atoms with Crippen molar-refractivity contribution in [3.8, 4) is 0 Å². The van der Waals surface area contributed by atoms with Gasteiger partial charge in [0.2, 0.25) is 0 Å². The Hall–Kier alpha value is -3.82. The van der Waals surface area contributed by atoms with Gasteiger partial charge in [0.05, 0.1) is 27.2 Å². The number of benzene rings is 2. The average Bonchev–Trinajstić information content (AvgIpc) is 2.59. The minimum atomic E-state index is -0.839. The fraction of sp³-hybridized carbons (Fsp3) is 0. The molecule has 2 aromatic rings. The molecule has 0 aliphatic heterocycles. The van der Waals surface area contributed by atoms with Crippen LogP contribution in [-0.2, 0) is 0 Å². The van der Waals surface area contributed by atoms with Crippen LogP contribution in [0.4, 0.5) is 15.8 Å². The van der Waals surface area contributed by atoms with Crippen molar-refractivity contribution in [2.75, 3.05) is 0 Å². The first kappa shape index (κ1) is 17.5. The maximum Gasteiger partial charge on any atom is 0.277 e. The second-order valence-corrected chi connectivity index (χ2v) is 4.82. The molecular formula is C15H11FN4O5. The van der Waals surface area contributed by atoms with Crippen LogP contribution in [0.25, 0.3) is 5.70 Å². The molecule has 0 saturated carbocycles. The number of halogens is 1. The maximum atomic E-state index is 12.9. The molecule has 0 unspecified atom stereocenters. The monoisotopic (exact) mass is 346 g/mol. The Kier molecular flexibility index (Phi) is 5.03. The van der Waals surface area contributed by atoms with E-state index >= 15 is 0 Å². The van der Waals surface area contributed by atoms with Gasteiger partial charge in [0.1, 0.15) is 5.82 Å². The molecule has 0 atom stereocenters. The van der Waals surface area contributed by atoms with E-state index in [2.05, 4.69) is 17.4 Å². The molecule has 128 valence electrons. The van der Waals surface area contributed by atoms with Crippen molar-refractivity contribution in [3.63, 3.8) is 0 Å². The van der Waals surface area contributed by atoms with E-state index in [-0.39, 0.29) is 11.3 Å². The summed E-state index contributed by atoms with van der Waals surface area (Å²) in [6.07, 6.45) is 0. The number of nitrogens with zero attached hydrogens (tertiary/aromatic N) is 2. The van der Waals surface area contributed by atoms with E-state index in [1.807, 2.05) is 0 Å². The van der Waals surface area contributed by atoms with Gasteiger partial charge in [0.15, 0.2) is 0 Å². The molecule has 0 spiro atoms. The van der Waals surface area contributed by atoms with Gasteiger partial charge in [-0.15, -0.1) is 0 Å². The Morgan fingerprint density at radius 2 is 1.44 bits per heavy atom. The fourth-order valence-electron chi connectivity index (χ4n) is 1.86. The minimum Gasteiger partial charge on any atom is -0.298 e. The second-order valence-electron chi connectivity index (χ2n) is 4.82. The van der Waals surface area contributed by atoms with Gasteiger partial charge in [0.25, 0.3) is 17.3 Å². The van der Waals surface area contributed by atoms with Crippen molar-refractivity contribution in [2.24, 2.45) is 0 Å². The van der Waals surface area contributed by atoms with Crippen molar-refractivity contribution in [2.45, 2.75) is 0 Å². The van der Waals surface area contributed by atoms with Crippen molar-refractivity contribution < 1.29 is 19.0 Å². The standard InChI is InChI=1S/C15H11FN4O5/c1-9(10-2-4-12(16)5-3-10)17-18-15(21)11-6-13(19(22)23)8-14(7-11)20(24)25/h2-8,17H,1H2,(H,18,21). The zero-order valence-electron chi connectivity index (χ0n) is 12.6. The van der Waals surface area contributed by atoms with Gasteiger partial charge in [-0.3, -0.25) is 35.9 Å². The first-order chi connectivity index (χ1) is 11.8. The van der Waals surface area contributed by atoms with E-state index in [9.17, 15) is 29.4 Å². The highest BCUT2D eigenvalue weighted by Crippen LogP contribution is 2.22. The molecule has 2 N–H and O–H groups in total. The number of nitro benzene ring substituents is 2. The number of nitro groups is 2. The Bertz CT molecular complexity index is 834. The number of hydrazine groups is 1. The fourth-order valence-corrected chi connectivity index (χ4v) is 1.86. The summed E-state index contributed by atoms with van der Waals surface area (Å²) in [4.78, 5) is 32.0. The topological polar surface area (TPSA) is 127 Å². The summed E-state index contributed by atoms with van der Waals surface area (Å²) in [7, 11) is 0. The number of rotatable bonds is 6. The lowest BCUT2D eigenvalue weighted by Crippen LogP contribution is -2.35. The van der Waals surface area contributed by atoms with Crippen LogP contribution in [0.1, 0.15) is 15.9 Å². The van der Waals surface area contributed by atoms with E-state index < -0.39 is 32.9 Å². The summed E-state index contributed by atoms with van der Waals surface area (Å²) in [5.41, 5.74) is 3.95. The van der Waals surface area contributed by atoms with Crippen molar-refractivity contribution in [3.05, 3.63) is 86.2 Å². The number of nitrogens with one attached hydrogen (secondary N) is 2. The second kappa shape index (κ2) is 7.17. The van der Waals surface area contributed by atoms with Gasteiger partial charge < -0.3 is 0 Å². The molecule has 25 heavy (non-hydrogen) atoms. The number of hydrogen-bond acceptors (Lipinski definition) is 6. The third-order valence-electron chi connectivity index (χ3n) is 3.11. The largest absolute Gasteiger partial charge is 0.298 e. The van der Waals surface area contributed by atoms with E-state index in [0.717, 1.165) is 18.2 Å². The molecule has 0 aromatic heterocycles. The summed E-state index contributed by atoms with van der Waals surface area (Å²) in [6, 6.07) is 7.82. The van der Waals surface area contributed by atoms with Crippen LogP contribution in [0.15, 0.2) is 49.0 Å². The number of non-ortho nitro benzene ring substituents is 2. The zero-order chi connectivity index (χ0) is 18.6. The third kappa shape index (κ3) is 4.34. The molecule has 0 saturated heterocycles. The summed E-state index contributed by atoms with van der Waals surface area (Å²) in [6.45, 7) is 3.65. The van der Waals surface area contributed by atoms with Gasteiger partial charge in [-0.05, 0) is 29.8 Å². The van der Waals surface area contributed by atoms with Crippen LogP contribution in [0.3, 0.4) is 0 Å². The minimum absolute atomic E-state index is 0.230. The number of carbonyl (C=O) groups excluding carboxylic acids is 1. The molecule has 1 amide bonds. The molecule has 0 radical (unpaired) electrons. The van der Waals surface area contributed by atoms with Crippen LogP contribution in [0.5, 0.6) is 0 Å². The SMILES string of the molecule is C=C(NNC(=O)c1cc([N+](=O)[O-])cc([N+](=O)[O-])c1)c1ccc(F)cc1. The number of hydrogen-bond donors (Lipinski definition) is 2. The lowest BCUT2D eigenvalue weighted by molar-refractivity contribution is -0.394. The maximum absolute atomic E-state index is 12.9. The van der Waals surface area contributed by atoms with Crippen molar-refractivity contribution in [1.29, 1.82) is 0 Å². The quantitative estimate of drug-likeness (QED) is 0.611. The summed E-state index contributed by atoms with van der Waals surface area (Å²) in [5.74, 6) is -1.28. The highest BCUT2D eigenvalue weighted by atomic mass is 19.1. The van der Waals surface area contributed by atoms with Crippen LogP contribution in [0.2, 0.25) is 0 Å². The van der Waals surface area contributed by atoms with E-state index in [1.54, 1.807) is 0 Å². The third-order valence-corrected chi connectivity index (χ3v) is 3.11. The lowest BCUT2D eigenvalue weighted by Gasteiger charge is -2.11. The Morgan fingerprint density at radius 1 is 0.920 bits per heavy atom. The van der Waals surface area contributed by atoms with Crippen LogP contribution < -0.4 is 10.9 Å². The lowest BCUT2D eigenvalue weighted by atomic mass is 10.1. The summed E-state index contributed by atoms with van der Waals surface area (Å²) in [5, 5.41) is 21.6. The van der Waals surface area contributed by atoms with Crippen molar-refractivity contribution >= 4 is 23.0 Å². The Morgan fingerprint density at radius 3 is 1.92 bits per heavy atom. The molecule has 2 aromatic carbocycles. The van der Waals surface area contributed by atoms with Gasteiger partial charge in [0, 0.05) is 12.1 Å². The highest BCUT2D eigenvalue weighted by Gasteiger charge is 2.19. The predicted molar refractivity (Wildman–Crippen MR) is 85.8 cm³/mol. The van der Waals surface area contributed by atoms with E-state index in [1.165, 1.54) is 24.3 Å². The van der Waals surface area contributed by atoms with Crippen LogP contribution in [0, 0.1) is 26.0 Å². The van der Waals surface area contributed by atoms with Crippen LogP contribution >= 0.6 is 0 Å². The normalized spacial score (nSPS) is 9.96. The smallest absolute Gasteiger partial charge is 0.277 e. The molecule has 2 rings (SSSR count). The van der Waals surface area contributed by atoms with Crippen molar-refractivity contribution in [1.82, 2.24) is 10.9 Å². The van der Waals surface area contributed by atoms with Gasteiger partial charge in [-0.2, -0.15) is 0 Å². The predicted octanol–water partition coefficient (Wildman–Crippen LogP) is 2.55. The molecular weight excluding hydrogens is 335 g/mol. The van der Waals surface area contributed by atoms with Gasteiger partial charge in [-0.1, -0.05) is 6.58 Å². The Balaban J connectivity index is 2.14. The first-order valence-corrected chi connectivity index (χ1v) is 6.73. The molecule has 0 aliphatic carbocycles. The molecule has 0 bridgehead atoms. The highest BCUT2D eigenvalue weighted by molar-refractivity contribution is 5.95. The molecule has 0 fully saturated rings. The number of amides is 1. The first-order valence-electron chi connectivity index (χ1n) is 6.73. The molecule has 0 aliphatic rings. The molecule has 9 nitrogen and oxygen atoms in total. The summed E-state index contributed by atoms with van der Waals surface area (Å²) < 4.78 is 12.9.